The van der Waals surface area contributed by atoms with E-state index in [0.29, 0.717) is 20.7 Å². The van der Waals surface area contributed by atoms with Crippen LogP contribution in [0.15, 0.2) is 23.2 Å². The number of benzene rings is 1. The highest BCUT2D eigenvalue weighted by molar-refractivity contribution is 8.15. The standard InChI is InChI=1S/C14H18Cl2N2S/c1-14(2,3)7-9-8-17-13(19-9)18-12-10(15)5-4-6-11(12)16/h4-6,9H,7-8H2,1-3H3,(H,17,18). The van der Waals surface area contributed by atoms with E-state index in [9.17, 15) is 0 Å². The average Bonchev–Trinajstić information content (AvgIpc) is 2.69. The first-order valence-corrected chi connectivity index (χ1v) is 7.91. The van der Waals surface area contributed by atoms with Gasteiger partial charge in [0.2, 0.25) is 0 Å². The Morgan fingerprint density at radius 2 is 1.95 bits per heavy atom. The number of hydrogen-bond acceptors (Lipinski definition) is 3. The van der Waals surface area contributed by atoms with Gasteiger partial charge in [-0.25, -0.2) is 0 Å². The third-order valence-electron chi connectivity index (χ3n) is 2.75. The molecule has 1 heterocycles. The van der Waals surface area contributed by atoms with Gasteiger partial charge in [0.25, 0.3) is 0 Å². The summed E-state index contributed by atoms with van der Waals surface area (Å²) in [6.07, 6.45) is 1.14. The van der Waals surface area contributed by atoms with E-state index in [2.05, 4.69) is 31.1 Å². The molecular formula is C14H18Cl2N2S. The Kier molecular flexibility index (Phi) is 4.70. The summed E-state index contributed by atoms with van der Waals surface area (Å²) in [5.74, 6) is 0. The van der Waals surface area contributed by atoms with Crippen LogP contribution in [0, 0.1) is 5.41 Å². The maximum absolute atomic E-state index is 6.14. The first kappa shape index (κ1) is 15.0. The van der Waals surface area contributed by atoms with Crippen molar-refractivity contribution in [3.05, 3.63) is 28.2 Å². The fraction of sp³-hybridized carbons (Fsp3) is 0.500. The Hall–Kier alpha value is -0.380. The second-order valence-corrected chi connectivity index (χ2v) is 7.98. The van der Waals surface area contributed by atoms with E-state index in [0.717, 1.165) is 23.8 Å². The van der Waals surface area contributed by atoms with Crippen LogP contribution in [0.5, 0.6) is 0 Å². The van der Waals surface area contributed by atoms with Gasteiger partial charge in [0.1, 0.15) is 0 Å². The zero-order chi connectivity index (χ0) is 14.0. The van der Waals surface area contributed by atoms with Crippen LogP contribution >= 0.6 is 35.0 Å². The molecule has 5 heteroatoms. The molecule has 1 aromatic carbocycles. The lowest BCUT2D eigenvalue weighted by Gasteiger charge is -2.21. The van der Waals surface area contributed by atoms with Crippen molar-refractivity contribution in [3.8, 4) is 0 Å². The largest absolute Gasteiger partial charge is 0.333 e. The van der Waals surface area contributed by atoms with Crippen LogP contribution in [0.3, 0.4) is 0 Å². The molecule has 0 fully saturated rings. The molecule has 0 saturated carbocycles. The maximum atomic E-state index is 6.14. The number of hydrogen-bond donors (Lipinski definition) is 1. The molecule has 2 rings (SSSR count). The molecular weight excluding hydrogens is 299 g/mol. The Morgan fingerprint density at radius 3 is 2.53 bits per heavy atom. The molecule has 104 valence electrons. The number of amidine groups is 1. The Bertz CT molecular complexity index is 474. The van der Waals surface area contributed by atoms with Crippen molar-refractivity contribution >= 4 is 45.8 Å². The number of halogens is 2. The molecule has 1 aromatic rings. The van der Waals surface area contributed by atoms with Crippen LogP contribution in [-0.2, 0) is 0 Å². The van der Waals surface area contributed by atoms with Gasteiger partial charge in [-0.1, -0.05) is 61.8 Å². The predicted octanol–water partition coefficient (Wildman–Crippen LogP) is 5.31. The molecule has 1 unspecified atom stereocenters. The minimum Gasteiger partial charge on any atom is -0.333 e. The van der Waals surface area contributed by atoms with E-state index in [1.54, 1.807) is 11.8 Å². The lowest BCUT2D eigenvalue weighted by molar-refractivity contribution is 0.375. The topological polar surface area (TPSA) is 24.4 Å². The number of thioether (sulfide) groups is 1. The van der Waals surface area contributed by atoms with Crippen molar-refractivity contribution in [2.75, 3.05) is 11.9 Å². The summed E-state index contributed by atoms with van der Waals surface area (Å²) in [6.45, 7) is 7.62. The van der Waals surface area contributed by atoms with Crippen LogP contribution in [0.2, 0.25) is 10.0 Å². The Labute approximate surface area is 129 Å². The predicted molar refractivity (Wildman–Crippen MR) is 87.8 cm³/mol. The molecule has 0 saturated heterocycles. The highest BCUT2D eigenvalue weighted by Gasteiger charge is 2.25. The van der Waals surface area contributed by atoms with Crippen LogP contribution in [0.1, 0.15) is 27.2 Å². The van der Waals surface area contributed by atoms with Crippen LogP contribution in [0.25, 0.3) is 0 Å². The van der Waals surface area contributed by atoms with Gasteiger partial charge >= 0.3 is 0 Å². The van der Waals surface area contributed by atoms with E-state index in [1.807, 2.05) is 18.2 Å². The van der Waals surface area contributed by atoms with E-state index in [4.69, 9.17) is 23.2 Å². The van der Waals surface area contributed by atoms with Gasteiger partial charge in [-0.05, 0) is 24.0 Å². The minimum atomic E-state index is 0.324. The van der Waals surface area contributed by atoms with Crippen molar-refractivity contribution in [2.45, 2.75) is 32.4 Å². The number of nitrogens with zero attached hydrogens (tertiary/aromatic N) is 1. The zero-order valence-corrected chi connectivity index (χ0v) is 13.7. The fourth-order valence-corrected chi connectivity index (χ4v) is 3.85. The van der Waals surface area contributed by atoms with Crippen molar-refractivity contribution in [2.24, 2.45) is 10.4 Å². The van der Waals surface area contributed by atoms with Gasteiger partial charge < -0.3 is 5.32 Å². The Balaban J connectivity index is 1.99. The number of nitrogens with one attached hydrogen (secondary N) is 1. The molecule has 0 spiro atoms. The lowest BCUT2D eigenvalue weighted by atomic mass is 9.90. The van der Waals surface area contributed by atoms with Crippen molar-refractivity contribution in [1.82, 2.24) is 0 Å². The first-order valence-electron chi connectivity index (χ1n) is 6.27. The van der Waals surface area contributed by atoms with Gasteiger partial charge in [0.05, 0.1) is 22.3 Å². The zero-order valence-electron chi connectivity index (χ0n) is 11.3. The summed E-state index contributed by atoms with van der Waals surface area (Å²) in [6, 6.07) is 5.48. The van der Waals surface area contributed by atoms with E-state index >= 15 is 0 Å². The summed E-state index contributed by atoms with van der Waals surface area (Å²) in [4.78, 5) is 4.53. The van der Waals surface area contributed by atoms with Crippen LogP contribution in [-0.4, -0.2) is 17.0 Å². The molecule has 0 aliphatic carbocycles. The highest BCUT2D eigenvalue weighted by Crippen LogP contribution is 2.35. The molecule has 1 aliphatic heterocycles. The van der Waals surface area contributed by atoms with Crippen molar-refractivity contribution < 1.29 is 0 Å². The average molecular weight is 317 g/mol. The first-order chi connectivity index (χ1) is 8.85. The molecule has 1 atom stereocenters. The number of anilines is 1. The molecule has 2 nitrogen and oxygen atoms in total. The molecule has 1 N–H and O–H groups in total. The molecule has 1 aliphatic rings. The van der Waals surface area contributed by atoms with Gasteiger partial charge in [-0.3, -0.25) is 4.99 Å². The van der Waals surface area contributed by atoms with Crippen molar-refractivity contribution in [1.29, 1.82) is 0 Å². The molecule has 0 radical (unpaired) electrons. The summed E-state index contributed by atoms with van der Waals surface area (Å²) < 4.78 is 0. The highest BCUT2D eigenvalue weighted by atomic mass is 35.5. The SMILES string of the molecule is CC(C)(C)CC1CN=C(Nc2c(Cl)cccc2Cl)S1. The second kappa shape index (κ2) is 5.94. The van der Waals surface area contributed by atoms with E-state index < -0.39 is 0 Å². The third-order valence-corrected chi connectivity index (χ3v) is 4.48. The monoisotopic (exact) mass is 316 g/mol. The minimum absolute atomic E-state index is 0.324. The summed E-state index contributed by atoms with van der Waals surface area (Å²) in [7, 11) is 0. The van der Waals surface area contributed by atoms with Crippen molar-refractivity contribution in [3.63, 3.8) is 0 Å². The summed E-state index contributed by atoms with van der Waals surface area (Å²) >= 11 is 14.1. The van der Waals surface area contributed by atoms with Crippen LogP contribution < -0.4 is 5.32 Å². The molecule has 0 bridgehead atoms. The lowest BCUT2D eigenvalue weighted by Crippen LogP contribution is -2.16. The fourth-order valence-electron chi connectivity index (χ4n) is 2.00. The summed E-state index contributed by atoms with van der Waals surface area (Å²) in [5, 5.41) is 5.92. The normalized spacial score (nSPS) is 19.4. The molecule has 0 aromatic heterocycles. The number of rotatable bonds is 2. The van der Waals surface area contributed by atoms with E-state index in [1.165, 1.54) is 0 Å². The molecule has 0 amide bonds. The maximum Gasteiger partial charge on any atom is 0.161 e. The quantitative estimate of drug-likeness (QED) is 0.799. The smallest absolute Gasteiger partial charge is 0.161 e. The van der Waals surface area contributed by atoms with Gasteiger partial charge in [0.15, 0.2) is 5.17 Å². The van der Waals surface area contributed by atoms with Gasteiger partial charge in [-0.2, -0.15) is 0 Å². The third kappa shape index (κ3) is 4.30. The van der Waals surface area contributed by atoms with Crippen LogP contribution in [0.4, 0.5) is 5.69 Å². The summed E-state index contributed by atoms with van der Waals surface area (Å²) in [5.41, 5.74) is 1.07. The van der Waals surface area contributed by atoms with E-state index in [-0.39, 0.29) is 0 Å². The van der Waals surface area contributed by atoms with Gasteiger partial charge in [0, 0.05) is 5.25 Å². The number of para-hydroxylation sites is 1. The molecule has 19 heavy (non-hydrogen) atoms. The second-order valence-electron chi connectivity index (χ2n) is 5.87. The Morgan fingerprint density at radius 1 is 1.32 bits per heavy atom. The number of aliphatic imine (C=N–C) groups is 1. The van der Waals surface area contributed by atoms with Gasteiger partial charge in [-0.15, -0.1) is 0 Å².